The van der Waals surface area contributed by atoms with E-state index in [0.29, 0.717) is 24.4 Å². The Hall–Kier alpha value is -0.870. The number of hydrogen-bond donors (Lipinski definition) is 1. The minimum Gasteiger partial charge on any atom is -0.343 e. The van der Waals surface area contributed by atoms with Crippen molar-refractivity contribution in [2.75, 3.05) is 13.1 Å². The third kappa shape index (κ3) is 6.27. The Bertz CT molecular complexity index is 510. The first-order chi connectivity index (χ1) is 10.7. The van der Waals surface area contributed by atoms with Crippen molar-refractivity contribution in [2.24, 2.45) is 5.41 Å². The van der Waals surface area contributed by atoms with Crippen LogP contribution >= 0.6 is 11.3 Å². The van der Waals surface area contributed by atoms with Crippen LogP contribution in [0.1, 0.15) is 56.7 Å². The number of carbonyl (C=O) groups is 1. The predicted molar refractivity (Wildman–Crippen MR) is 99.0 cm³/mol. The first kappa shape index (κ1) is 18.5. The molecule has 0 aromatic carbocycles. The van der Waals surface area contributed by atoms with E-state index in [-0.39, 0.29) is 5.41 Å². The van der Waals surface area contributed by atoms with Crippen LogP contribution in [0.3, 0.4) is 0 Å². The van der Waals surface area contributed by atoms with Gasteiger partial charge in [0.2, 0.25) is 5.91 Å². The molecule has 1 aliphatic rings. The molecule has 0 radical (unpaired) electrons. The van der Waals surface area contributed by atoms with Gasteiger partial charge in [0.05, 0.1) is 0 Å². The maximum atomic E-state index is 12.3. The summed E-state index contributed by atoms with van der Waals surface area (Å²) in [5.41, 5.74) is 0.0829. The summed E-state index contributed by atoms with van der Waals surface area (Å²) in [4.78, 5) is 17.2. The number of rotatable bonds is 5. The van der Waals surface area contributed by atoms with E-state index >= 15 is 0 Å². The lowest BCUT2D eigenvalue weighted by molar-refractivity contribution is -0.134. The van der Waals surface area contributed by atoms with Gasteiger partial charge in [0.25, 0.3) is 0 Å². The highest BCUT2D eigenvalue weighted by Crippen LogP contribution is 2.22. The quantitative estimate of drug-likeness (QED) is 0.881. The molecule has 0 aliphatic carbocycles. The first-order valence-corrected chi connectivity index (χ1v) is 9.64. The maximum Gasteiger partial charge on any atom is 0.223 e. The lowest BCUT2D eigenvalue weighted by Gasteiger charge is -2.35. The SMILES string of the molecule is Cc1ccc(C[C@@H](C)NC2CCN(C(=O)CC(C)(C)C)CC2)s1. The second-order valence-electron chi connectivity index (χ2n) is 8.18. The third-order valence-electron chi connectivity index (χ3n) is 4.35. The summed E-state index contributed by atoms with van der Waals surface area (Å²) in [6, 6.07) is 5.48. The van der Waals surface area contributed by atoms with E-state index in [9.17, 15) is 4.79 Å². The molecule has 23 heavy (non-hydrogen) atoms. The van der Waals surface area contributed by atoms with Crippen LogP contribution in [0.15, 0.2) is 12.1 Å². The van der Waals surface area contributed by atoms with Crippen LogP contribution in [-0.2, 0) is 11.2 Å². The molecule has 130 valence electrons. The molecule has 1 fully saturated rings. The van der Waals surface area contributed by atoms with Gasteiger partial charge in [-0.1, -0.05) is 20.8 Å². The van der Waals surface area contributed by atoms with Crippen LogP contribution in [0.4, 0.5) is 0 Å². The van der Waals surface area contributed by atoms with Gasteiger partial charge in [0.15, 0.2) is 0 Å². The van der Waals surface area contributed by atoms with Crippen LogP contribution in [0, 0.1) is 12.3 Å². The number of hydrogen-bond acceptors (Lipinski definition) is 3. The smallest absolute Gasteiger partial charge is 0.223 e. The number of aryl methyl sites for hydroxylation is 1. The molecule has 1 aromatic rings. The molecule has 0 unspecified atom stereocenters. The second-order valence-corrected chi connectivity index (χ2v) is 9.55. The van der Waals surface area contributed by atoms with Gasteiger partial charge in [-0.05, 0) is 50.7 Å². The average Bonchev–Trinajstić information content (AvgIpc) is 2.82. The lowest BCUT2D eigenvalue weighted by atomic mass is 9.91. The van der Waals surface area contributed by atoms with Crippen molar-refractivity contribution < 1.29 is 4.79 Å². The van der Waals surface area contributed by atoms with Gasteiger partial charge in [-0.15, -0.1) is 11.3 Å². The van der Waals surface area contributed by atoms with Crippen LogP contribution < -0.4 is 5.32 Å². The van der Waals surface area contributed by atoms with Gasteiger partial charge < -0.3 is 10.2 Å². The van der Waals surface area contributed by atoms with Gasteiger partial charge in [0, 0.05) is 41.3 Å². The summed E-state index contributed by atoms with van der Waals surface area (Å²) in [5, 5.41) is 3.75. The molecule has 1 N–H and O–H groups in total. The fraction of sp³-hybridized carbons (Fsp3) is 0.737. The zero-order valence-electron chi connectivity index (χ0n) is 15.3. The normalized spacial score (nSPS) is 18.2. The molecule has 0 bridgehead atoms. The van der Waals surface area contributed by atoms with E-state index < -0.39 is 0 Å². The summed E-state index contributed by atoms with van der Waals surface area (Å²) in [6.07, 6.45) is 3.90. The van der Waals surface area contributed by atoms with Gasteiger partial charge in [0.1, 0.15) is 0 Å². The predicted octanol–water partition coefficient (Wildman–Crippen LogP) is 4.00. The number of thiophene rings is 1. The molecular weight excluding hydrogens is 304 g/mol. The Morgan fingerprint density at radius 1 is 1.35 bits per heavy atom. The van der Waals surface area contributed by atoms with Crippen molar-refractivity contribution in [1.82, 2.24) is 10.2 Å². The van der Waals surface area contributed by atoms with E-state index in [1.165, 1.54) is 9.75 Å². The summed E-state index contributed by atoms with van der Waals surface area (Å²) in [5.74, 6) is 0.318. The highest BCUT2D eigenvalue weighted by molar-refractivity contribution is 7.11. The highest BCUT2D eigenvalue weighted by atomic mass is 32.1. The van der Waals surface area contributed by atoms with Crippen molar-refractivity contribution in [1.29, 1.82) is 0 Å². The molecule has 1 atom stereocenters. The van der Waals surface area contributed by atoms with E-state index in [0.717, 1.165) is 32.4 Å². The van der Waals surface area contributed by atoms with E-state index in [1.54, 1.807) is 0 Å². The van der Waals surface area contributed by atoms with Crippen molar-refractivity contribution in [3.63, 3.8) is 0 Å². The fourth-order valence-electron chi connectivity index (χ4n) is 3.22. The van der Waals surface area contributed by atoms with Crippen LogP contribution in [0.2, 0.25) is 0 Å². The number of nitrogens with zero attached hydrogens (tertiary/aromatic N) is 1. The Morgan fingerprint density at radius 3 is 2.52 bits per heavy atom. The number of likely N-dealkylation sites (tertiary alicyclic amines) is 1. The average molecular weight is 337 g/mol. The van der Waals surface area contributed by atoms with Gasteiger partial charge in [-0.3, -0.25) is 4.79 Å². The monoisotopic (exact) mass is 336 g/mol. The summed E-state index contributed by atoms with van der Waals surface area (Å²) in [7, 11) is 0. The van der Waals surface area contributed by atoms with Crippen LogP contribution in [0.25, 0.3) is 0 Å². The molecule has 2 rings (SSSR count). The number of nitrogens with one attached hydrogen (secondary N) is 1. The Balaban J connectivity index is 1.73. The van der Waals surface area contributed by atoms with Gasteiger partial charge in [-0.25, -0.2) is 0 Å². The Labute approximate surface area is 145 Å². The van der Waals surface area contributed by atoms with E-state index in [2.05, 4.69) is 57.0 Å². The van der Waals surface area contributed by atoms with Crippen molar-refractivity contribution in [2.45, 2.75) is 72.4 Å². The van der Waals surface area contributed by atoms with Gasteiger partial charge in [-0.2, -0.15) is 0 Å². The Morgan fingerprint density at radius 2 is 2.00 bits per heavy atom. The fourth-order valence-corrected chi connectivity index (χ4v) is 4.24. The van der Waals surface area contributed by atoms with E-state index in [4.69, 9.17) is 0 Å². The number of amides is 1. The molecule has 1 aromatic heterocycles. The minimum absolute atomic E-state index is 0.0829. The molecule has 0 saturated carbocycles. The molecule has 3 nitrogen and oxygen atoms in total. The van der Waals surface area contributed by atoms with Crippen LogP contribution in [-0.4, -0.2) is 36.0 Å². The topological polar surface area (TPSA) is 32.3 Å². The third-order valence-corrected chi connectivity index (χ3v) is 5.38. The van der Waals surface area contributed by atoms with Crippen LogP contribution in [0.5, 0.6) is 0 Å². The number of piperidine rings is 1. The lowest BCUT2D eigenvalue weighted by Crippen LogP contribution is -2.48. The molecule has 1 amide bonds. The van der Waals surface area contributed by atoms with Gasteiger partial charge >= 0.3 is 0 Å². The zero-order chi connectivity index (χ0) is 17.0. The zero-order valence-corrected chi connectivity index (χ0v) is 16.1. The summed E-state index contributed by atoms with van der Waals surface area (Å²) in [6.45, 7) is 12.6. The molecule has 2 heterocycles. The Kier molecular flexibility index (Phi) is 6.26. The minimum atomic E-state index is 0.0829. The summed E-state index contributed by atoms with van der Waals surface area (Å²) >= 11 is 1.89. The van der Waals surface area contributed by atoms with E-state index in [1.807, 2.05) is 11.3 Å². The molecule has 4 heteroatoms. The van der Waals surface area contributed by atoms with Crippen molar-refractivity contribution >= 4 is 17.2 Å². The largest absolute Gasteiger partial charge is 0.343 e. The first-order valence-electron chi connectivity index (χ1n) is 8.82. The molecule has 1 saturated heterocycles. The molecule has 1 aliphatic heterocycles. The highest BCUT2D eigenvalue weighted by Gasteiger charge is 2.26. The number of carbonyl (C=O) groups excluding carboxylic acids is 1. The standard InChI is InChI=1S/C19H32N2OS/c1-14(12-17-7-6-15(2)23-17)20-16-8-10-21(11-9-16)18(22)13-19(3,4)5/h6-7,14,16,20H,8-13H2,1-5H3/t14-/m1/s1. The molecule has 0 spiro atoms. The second kappa shape index (κ2) is 7.80. The maximum absolute atomic E-state index is 12.3. The van der Waals surface area contributed by atoms with Crippen molar-refractivity contribution in [3.05, 3.63) is 21.9 Å². The van der Waals surface area contributed by atoms with Crippen molar-refractivity contribution in [3.8, 4) is 0 Å². The molecular formula is C19H32N2OS. The summed E-state index contributed by atoms with van der Waals surface area (Å²) < 4.78 is 0.